The molecular formula is C7H6Cl4O2. The van der Waals surface area contributed by atoms with Crippen molar-refractivity contribution in [1.29, 1.82) is 0 Å². The van der Waals surface area contributed by atoms with E-state index in [1.54, 1.807) is 0 Å². The van der Waals surface area contributed by atoms with Crippen LogP contribution in [-0.4, -0.2) is 19.7 Å². The van der Waals surface area contributed by atoms with Crippen molar-refractivity contribution in [1.82, 2.24) is 0 Å². The van der Waals surface area contributed by atoms with Crippen molar-refractivity contribution < 1.29 is 9.90 Å². The molecule has 1 unspecified atom stereocenters. The topological polar surface area (TPSA) is 37.3 Å². The Kier molecular flexibility index (Phi) is 3.08. The second-order valence-corrected chi connectivity index (χ2v) is 5.96. The van der Waals surface area contributed by atoms with E-state index in [9.17, 15) is 4.79 Å². The molecule has 2 nitrogen and oxygen atoms in total. The van der Waals surface area contributed by atoms with Gasteiger partial charge in [-0.3, -0.25) is 4.79 Å². The monoisotopic (exact) mass is 262 g/mol. The van der Waals surface area contributed by atoms with Crippen LogP contribution in [0, 0.1) is 5.92 Å². The molecule has 0 heterocycles. The van der Waals surface area contributed by atoms with Crippen molar-refractivity contribution in [3.63, 3.8) is 0 Å². The molecule has 0 aromatic heterocycles. The number of rotatable bonds is 1. The summed E-state index contributed by atoms with van der Waals surface area (Å²) in [5.74, 6) is -2.06. The Morgan fingerprint density at radius 3 is 2.31 bits per heavy atom. The van der Waals surface area contributed by atoms with Crippen LogP contribution in [0.2, 0.25) is 0 Å². The van der Waals surface area contributed by atoms with E-state index < -0.39 is 20.6 Å². The molecule has 1 rings (SSSR count). The third kappa shape index (κ3) is 2.66. The first-order valence-corrected chi connectivity index (χ1v) is 4.94. The van der Waals surface area contributed by atoms with Gasteiger partial charge in [0.05, 0.1) is 0 Å². The van der Waals surface area contributed by atoms with Gasteiger partial charge >= 0.3 is 5.97 Å². The number of carbonyl (C=O) groups is 1. The molecule has 74 valence electrons. The van der Waals surface area contributed by atoms with Gasteiger partial charge in [0.15, 0.2) is 0 Å². The molecule has 0 bridgehead atoms. The summed E-state index contributed by atoms with van der Waals surface area (Å²) in [5.41, 5.74) is 0. The number of aliphatic carboxylic acids is 1. The van der Waals surface area contributed by atoms with E-state index in [-0.39, 0.29) is 6.42 Å². The van der Waals surface area contributed by atoms with Gasteiger partial charge in [0.2, 0.25) is 0 Å². The van der Waals surface area contributed by atoms with Gasteiger partial charge in [0, 0.05) is 6.42 Å². The Bertz CT molecular complexity index is 259. The molecule has 0 aliphatic heterocycles. The first-order valence-electron chi connectivity index (χ1n) is 3.42. The maximum atomic E-state index is 10.7. The fourth-order valence-corrected chi connectivity index (χ4v) is 2.72. The highest BCUT2D eigenvalue weighted by Gasteiger charge is 2.47. The SMILES string of the molecule is O=C(O)C1C=CC(Cl)(Cl)CC1(Cl)Cl. The Morgan fingerprint density at radius 2 is 1.92 bits per heavy atom. The zero-order chi connectivity index (χ0) is 10.3. The summed E-state index contributed by atoms with van der Waals surface area (Å²) in [7, 11) is 0. The standard InChI is InChI=1S/C7H6Cl4O2/c8-6(9)2-1-4(5(12)13)7(10,11)3-6/h1-2,4H,3H2,(H,12,13). The molecule has 0 spiro atoms. The Balaban J connectivity index is 2.97. The van der Waals surface area contributed by atoms with Crippen LogP contribution in [0.1, 0.15) is 6.42 Å². The molecule has 1 aliphatic carbocycles. The average molecular weight is 264 g/mol. The fourth-order valence-electron chi connectivity index (χ4n) is 1.12. The molecule has 0 saturated heterocycles. The summed E-state index contributed by atoms with van der Waals surface area (Å²) in [6.07, 6.45) is 2.68. The van der Waals surface area contributed by atoms with E-state index in [0.717, 1.165) is 0 Å². The molecule has 0 aromatic rings. The number of halogens is 4. The van der Waals surface area contributed by atoms with Gasteiger partial charge in [-0.25, -0.2) is 0 Å². The molecule has 1 N–H and O–H groups in total. The number of hydrogen-bond donors (Lipinski definition) is 1. The number of carboxylic acid groups (broad SMARTS) is 1. The van der Waals surface area contributed by atoms with E-state index in [2.05, 4.69) is 0 Å². The summed E-state index contributed by atoms with van der Waals surface area (Å²) in [5, 5.41) is 8.74. The maximum Gasteiger partial charge on any atom is 0.313 e. The molecule has 0 radical (unpaired) electrons. The second-order valence-electron chi connectivity index (χ2n) is 2.87. The van der Waals surface area contributed by atoms with Gasteiger partial charge in [0.25, 0.3) is 0 Å². The largest absolute Gasteiger partial charge is 0.481 e. The van der Waals surface area contributed by atoms with Gasteiger partial charge in [0.1, 0.15) is 14.6 Å². The van der Waals surface area contributed by atoms with Crippen LogP contribution in [-0.2, 0) is 4.79 Å². The smallest absolute Gasteiger partial charge is 0.313 e. The minimum atomic E-state index is -1.45. The quantitative estimate of drug-likeness (QED) is 0.583. The van der Waals surface area contributed by atoms with Crippen LogP contribution < -0.4 is 0 Å². The van der Waals surface area contributed by atoms with E-state index >= 15 is 0 Å². The highest BCUT2D eigenvalue weighted by molar-refractivity contribution is 6.54. The van der Waals surface area contributed by atoms with Crippen LogP contribution in [0.3, 0.4) is 0 Å². The average Bonchev–Trinajstić information content (AvgIpc) is 1.79. The molecule has 0 aromatic carbocycles. The molecule has 1 atom stereocenters. The van der Waals surface area contributed by atoms with Crippen LogP contribution >= 0.6 is 46.4 Å². The summed E-state index contributed by atoms with van der Waals surface area (Å²) in [6, 6.07) is 0. The van der Waals surface area contributed by atoms with Crippen LogP contribution in [0.4, 0.5) is 0 Å². The summed E-state index contributed by atoms with van der Waals surface area (Å²) < 4.78 is -2.64. The lowest BCUT2D eigenvalue weighted by molar-refractivity contribution is -0.140. The van der Waals surface area contributed by atoms with Crippen molar-refractivity contribution in [2.24, 2.45) is 5.92 Å². The lowest BCUT2D eigenvalue weighted by atomic mass is 9.94. The van der Waals surface area contributed by atoms with Crippen molar-refractivity contribution in [3.8, 4) is 0 Å². The van der Waals surface area contributed by atoms with E-state index in [1.165, 1.54) is 12.2 Å². The lowest BCUT2D eigenvalue weighted by Crippen LogP contribution is -2.39. The number of alkyl halides is 4. The number of allylic oxidation sites excluding steroid dienone is 1. The molecule has 1 aliphatic rings. The fraction of sp³-hybridized carbons (Fsp3) is 0.571. The normalized spacial score (nSPS) is 30.0. The summed E-state index contributed by atoms with van der Waals surface area (Å²) in [6.45, 7) is 0. The lowest BCUT2D eigenvalue weighted by Gasteiger charge is -2.33. The van der Waals surface area contributed by atoms with Crippen LogP contribution in [0.5, 0.6) is 0 Å². The Hall–Kier alpha value is 0.370. The van der Waals surface area contributed by atoms with E-state index in [0.29, 0.717) is 0 Å². The molecule has 13 heavy (non-hydrogen) atoms. The highest BCUT2D eigenvalue weighted by Crippen LogP contribution is 2.47. The van der Waals surface area contributed by atoms with Crippen LogP contribution in [0.15, 0.2) is 12.2 Å². The van der Waals surface area contributed by atoms with Crippen LogP contribution in [0.25, 0.3) is 0 Å². The first-order chi connectivity index (χ1) is 5.75. The first kappa shape index (κ1) is 11.4. The van der Waals surface area contributed by atoms with E-state index in [1.807, 2.05) is 0 Å². The third-order valence-corrected chi connectivity index (χ3v) is 2.98. The highest BCUT2D eigenvalue weighted by atomic mass is 35.5. The van der Waals surface area contributed by atoms with Crippen molar-refractivity contribution in [2.75, 3.05) is 0 Å². The van der Waals surface area contributed by atoms with Gasteiger partial charge < -0.3 is 5.11 Å². The Morgan fingerprint density at radius 1 is 1.38 bits per heavy atom. The molecule has 6 heteroatoms. The van der Waals surface area contributed by atoms with E-state index in [4.69, 9.17) is 51.5 Å². The Labute approximate surface area is 95.4 Å². The van der Waals surface area contributed by atoms with Crippen molar-refractivity contribution in [3.05, 3.63) is 12.2 Å². The predicted octanol–water partition coefficient (Wildman–Crippen LogP) is 2.99. The van der Waals surface area contributed by atoms with Crippen molar-refractivity contribution in [2.45, 2.75) is 15.1 Å². The van der Waals surface area contributed by atoms with Crippen molar-refractivity contribution >= 4 is 52.4 Å². The number of carboxylic acids is 1. The minimum absolute atomic E-state index is 0.0142. The number of hydrogen-bond acceptors (Lipinski definition) is 1. The van der Waals surface area contributed by atoms with Gasteiger partial charge in [-0.05, 0) is 0 Å². The van der Waals surface area contributed by atoms with Gasteiger partial charge in [-0.2, -0.15) is 0 Å². The molecule has 0 saturated carbocycles. The minimum Gasteiger partial charge on any atom is -0.481 e. The van der Waals surface area contributed by atoms with Gasteiger partial charge in [-0.1, -0.05) is 35.4 Å². The molecule has 0 fully saturated rings. The zero-order valence-corrected chi connectivity index (χ0v) is 9.33. The molecular weight excluding hydrogens is 258 g/mol. The third-order valence-electron chi connectivity index (χ3n) is 1.72. The zero-order valence-electron chi connectivity index (χ0n) is 6.31. The maximum absolute atomic E-state index is 10.7. The summed E-state index contributed by atoms with van der Waals surface area (Å²) >= 11 is 23.1. The predicted molar refractivity (Wildman–Crippen MR) is 53.8 cm³/mol. The second kappa shape index (κ2) is 3.50. The molecule has 0 amide bonds. The van der Waals surface area contributed by atoms with Gasteiger partial charge in [-0.15, -0.1) is 23.2 Å². The summed E-state index contributed by atoms with van der Waals surface area (Å²) in [4.78, 5) is 10.7.